The van der Waals surface area contributed by atoms with E-state index in [9.17, 15) is 9.90 Å². The summed E-state index contributed by atoms with van der Waals surface area (Å²) in [4.78, 5) is 12.0. The van der Waals surface area contributed by atoms with E-state index in [1.165, 1.54) is 37.7 Å². The van der Waals surface area contributed by atoms with Crippen LogP contribution in [0, 0.1) is 40.4 Å². The fourth-order valence-electron chi connectivity index (χ4n) is 8.22. The van der Waals surface area contributed by atoms with Crippen molar-refractivity contribution in [2.75, 3.05) is 0 Å². The van der Waals surface area contributed by atoms with Gasteiger partial charge in [0.15, 0.2) is 5.78 Å². The third kappa shape index (κ3) is 3.06. The highest BCUT2D eigenvalue weighted by atomic mass is 16.3. The van der Waals surface area contributed by atoms with Crippen LogP contribution in [0.1, 0.15) is 85.5 Å². The number of allylic oxidation sites excluding steroid dienone is 2. The number of hydrogen-bond donors (Lipinski definition) is 1. The van der Waals surface area contributed by atoms with Gasteiger partial charge in [-0.1, -0.05) is 38.5 Å². The lowest BCUT2D eigenvalue weighted by molar-refractivity contribution is -0.117. The van der Waals surface area contributed by atoms with Crippen molar-refractivity contribution in [1.29, 1.82) is 0 Å². The van der Waals surface area contributed by atoms with E-state index in [1.807, 2.05) is 13.0 Å². The second-order valence-corrected chi connectivity index (χ2v) is 10.9. The van der Waals surface area contributed by atoms with Crippen molar-refractivity contribution < 1.29 is 9.90 Å². The minimum Gasteiger partial charge on any atom is -0.393 e. The number of ketones is 1. The zero-order valence-corrected chi connectivity index (χ0v) is 18.4. The summed E-state index contributed by atoms with van der Waals surface area (Å²) in [7, 11) is 0. The standard InChI is InChI=1S/C26H40O2/c1-5-6-7-24(28)17(2)21-10-11-22-20-9-8-18-16-19(27)12-14-25(18,3)23(20)13-15-26(21,22)4/h5-6,16-17,20-24,28H,7-15H2,1-4H3/b6-5+/t17-,20-,21+,22-,23-,24+,25-,26+/m0/s1. The van der Waals surface area contributed by atoms with Gasteiger partial charge in [0.25, 0.3) is 0 Å². The van der Waals surface area contributed by atoms with Crippen molar-refractivity contribution in [1.82, 2.24) is 0 Å². The Kier molecular flexibility index (Phi) is 5.40. The summed E-state index contributed by atoms with van der Waals surface area (Å²) in [5.74, 6) is 3.78. The van der Waals surface area contributed by atoms with E-state index in [0.29, 0.717) is 23.0 Å². The Morgan fingerprint density at radius 3 is 2.68 bits per heavy atom. The van der Waals surface area contributed by atoms with Gasteiger partial charge in [-0.3, -0.25) is 4.79 Å². The average molecular weight is 385 g/mol. The van der Waals surface area contributed by atoms with Gasteiger partial charge in [-0.15, -0.1) is 0 Å². The summed E-state index contributed by atoms with van der Waals surface area (Å²) in [5, 5.41) is 10.8. The summed E-state index contributed by atoms with van der Waals surface area (Å²) in [6.07, 6.45) is 16.3. The van der Waals surface area contributed by atoms with E-state index in [0.717, 1.165) is 43.4 Å². The molecule has 0 aromatic carbocycles. The van der Waals surface area contributed by atoms with Crippen molar-refractivity contribution in [3.8, 4) is 0 Å². The summed E-state index contributed by atoms with van der Waals surface area (Å²) in [5.41, 5.74) is 2.13. The van der Waals surface area contributed by atoms with E-state index < -0.39 is 0 Å². The number of carbonyl (C=O) groups excluding carboxylic acids is 1. The number of fused-ring (bicyclic) bond motifs is 5. The van der Waals surface area contributed by atoms with Gasteiger partial charge in [-0.25, -0.2) is 0 Å². The molecule has 0 unspecified atom stereocenters. The van der Waals surface area contributed by atoms with Gasteiger partial charge in [0, 0.05) is 6.42 Å². The van der Waals surface area contributed by atoms with Crippen LogP contribution in [0.3, 0.4) is 0 Å². The lowest BCUT2D eigenvalue weighted by atomic mass is 9.46. The Labute approximate surface area is 171 Å². The largest absolute Gasteiger partial charge is 0.393 e. The van der Waals surface area contributed by atoms with Crippen LogP contribution in [-0.2, 0) is 4.79 Å². The number of aliphatic hydroxyl groups is 1. The summed E-state index contributed by atoms with van der Waals surface area (Å²) >= 11 is 0. The monoisotopic (exact) mass is 384 g/mol. The molecule has 2 heteroatoms. The molecule has 3 fully saturated rings. The smallest absolute Gasteiger partial charge is 0.155 e. The second kappa shape index (κ2) is 7.42. The third-order valence-corrected chi connectivity index (χ3v) is 9.89. The van der Waals surface area contributed by atoms with Crippen LogP contribution < -0.4 is 0 Å². The highest BCUT2D eigenvalue weighted by Crippen LogP contribution is 2.67. The summed E-state index contributed by atoms with van der Waals surface area (Å²) < 4.78 is 0. The molecule has 0 spiro atoms. The fraction of sp³-hybridized carbons (Fsp3) is 0.808. The van der Waals surface area contributed by atoms with E-state index in [4.69, 9.17) is 0 Å². The molecule has 1 N–H and O–H groups in total. The molecule has 4 aliphatic rings. The first kappa shape index (κ1) is 20.4. The van der Waals surface area contributed by atoms with Crippen LogP contribution in [0.25, 0.3) is 0 Å². The molecule has 0 aromatic heterocycles. The predicted molar refractivity (Wildman–Crippen MR) is 115 cm³/mol. The first-order valence-electron chi connectivity index (χ1n) is 11.8. The highest BCUT2D eigenvalue weighted by molar-refractivity contribution is 5.91. The molecule has 2 nitrogen and oxygen atoms in total. The van der Waals surface area contributed by atoms with E-state index >= 15 is 0 Å². The van der Waals surface area contributed by atoms with Crippen LogP contribution in [-0.4, -0.2) is 17.0 Å². The molecule has 0 heterocycles. The number of aliphatic hydroxyl groups excluding tert-OH is 1. The fourth-order valence-corrected chi connectivity index (χ4v) is 8.22. The molecule has 0 bridgehead atoms. The second-order valence-electron chi connectivity index (χ2n) is 10.9. The maximum Gasteiger partial charge on any atom is 0.155 e. The first-order valence-corrected chi connectivity index (χ1v) is 11.8. The number of rotatable bonds is 4. The van der Waals surface area contributed by atoms with E-state index in [1.54, 1.807) is 0 Å². The van der Waals surface area contributed by atoms with Gasteiger partial charge in [-0.2, -0.15) is 0 Å². The van der Waals surface area contributed by atoms with E-state index in [-0.39, 0.29) is 11.5 Å². The summed E-state index contributed by atoms with van der Waals surface area (Å²) in [6.45, 7) is 9.37. The molecule has 0 saturated heterocycles. The van der Waals surface area contributed by atoms with Gasteiger partial charge >= 0.3 is 0 Å². The van der Waals surface area contributed by atoms with Crippen molar-refractivity contribution in [2.45, 2.75) is 91.6 Å². The van der Waals surface area contributed by atoms with Crippen molar-refractivity contribution in [2.24, 2.45) is 40.4 Å². The van der Waals surface area contributed by atoms with Crippen LogP contribution in [0.2, 0.25) is 0 Å². The maximum absolute atomic E-state index is 12.0. The third-order valence-electron chi connectivity index (χ3n) is 9.89. The Hall–Kier alpha value is -0.890. The highest BCUT2D eigenvalue weighted by Gasteiger charge is 2.59. The minimum atomic E-state index is -0.211. The average Bonchev–Trinajstić information content (AvgIpc) is 3.03. The Morgan fingerprint density at radius 1 is 1.14 bits per heavy atom. The number of carbonyl (C=O) groups is 1. The van der Waals surface area contributed by atoms with Crippen molar-refractivity contribution in [3.63, 3.8) is 0 Å². The molecule has 4 aliphatic carbocycles. The van der Waals surface area contributed by atoms with Gasteiger partial charge < -0.3 is 5.11 Å². The van der Waals surface area contributed by atoms with Gasteiger partial charge in [0.05, 0.1) is 6.10 Å². The molecule has 0 aliphatic heterocycles. The quantitative estimate of drug-likeness (QED) is 0.595. The maximum atomic E-state index is 12.0. The molecule has 3 saturated carbocycles. The van der Waals surface area contributed by atoms with E-state index in [2.05, 4.69) is 32.9 Å². The molecule has 0 aromatic rings. The molecule has 8 atom stereocenters. The summed E-state index contributed by atoms with van der Waals surface area (Å²) in [6, 6.07) is 0. The predicted octanol–water partition coefficient (Wildman–Crippen LogP) is 6.10. The van der Waals surface area contributed by atoms with Gasteiger partial charge in [-0.05, 0) is 105 Å². The normalized spacial score (nSPS) is 45.2. The topological polar surface area (TPSA) is 37.3 Å². The Morgan fingerprint density at radius 2 is 1.93 bits per heavy atom. The van der Waals surface area contributed by atoms with Crippen molar-refractivity contribution >= 4 is 5.78 Å². The molecular formula is C26H40O2. The molecule has 156 valence electrons. The zero-order chi connectivity index (χ0) is 20.1. The van der Waals surface area contributed by atoms with Crippen LogP contribution in [0.15, 0.2) is 23.8 Å². The Bertz CT molecular complexity index is 676. The number of hydrogen-bond acceptors (Lipinski definition) is 2. The SMILES string of the molecule is C/C=C/C[C@@H](O)[C@@H](C)[C@H]1CC[C@H]2[C@@H]3CCC4=CC(=O)CC[C@]4(C)[C@H]3CC[C@]12C. The first-order chi connectivity index (χ1) is 13.3. The molecular weight excluding hydrogens is 344 g/mol. The van der Waals surface area contributed by atoms with Gasteiger partial charge in [0.2, 0.25) is 0 Å². The molecule has 28 heavy (non-hydrogen) atoms. The molecule has 4 rings (SSSR count). The zero-order valence-electron chi connectivity index (χ0n) is 18.4. The van der Waals surface area contributed by atoms with Crippen LogP contribution >= 0.6 is 0 Å². The van der Waals surface area contributed by atoms with Crippen LogP contribution in [0.4, 0.5) is 0 Å². The molecule has 0 radical (unpaired) electrons. The van der Waals surface area contributed by atoms with Crippen LogP contribution in [0.5, 0.6) is 0 Å². The van der Waals surface area contributed by atoms with Gasteiger partial charge in [0.1, 0.15) is 0 Å². The lowest BCUT2D eigenvalue weighted by Gasteiger charge is -2.58. The minimum absolute atomic E-state index is 0.211. The van der Waals surface area contributed by atoms with Crippen molar-refractivity contribution in [3.05, 3.63) is 23.8 Å². The lowest BCUT2D eigenvalue weighted by Crippen LogP contribution is -2.51. The molecule has 0 amide bonds. The Balaban J connectivity index is 1.55.